The van der Waals surface area contributed by atoms with E-state index in [4.69, 9.17) is 25.1 Å². The lowest BCUT2D eigenvalue weighted by atomic mass is 9.75. The Bertz CT molecular complexity index is 1410. The Hall–Kier alpha value is -3.83. The van der Waals surface area contributed by atoms with E-state index in [2.05, 4.69) is 0 Å². The minimum absolute atomic E-state index is 0.0684. The molecule has 4 N–H and O–H groups in total. The number of hydrogen-bond donors (Lipinski definition) is 2. The van der Waals surface area contributed by atoms with Crippen molar-refractivity contribution in [2.45, 2.75) is 30.1 Å². The van der Waals surface area contributed by atoms with Crippen LogP contribution in [0.3, 0.4) is 0 Å². The molecule has 0 saturated heterocycles. The van der Waals surface area contributed by atoms with Crippen LogP contribution < -0.4 is 25.2 Å². The molecule has 0 spiro atoms. The van der Waals surface area contributed by atoms with Crippen molar-refractivity contribution in [1.82, 2.24) is 0 Å². The van der Waals surface area contributed by atoms with Crippen molar-refractivity contribution in [3.05, 3.63) is 70.7 Å². The number of carbonyl (C=O) groups excluding carboxylic acids is 2. The van der Waals surface area contributed by atoms with Gasteiger partial charge in [0, 0.05) is 23.4 Å². The van der Waals surface area contributed by atoms with E-state index in [9.17, 15) is 18.0 Å². The minimum atomic E-state index is -3.90. The van der Waals surface area contributed by atoms with Crippen LogP contribution in [0.1, 0.15) is 30.7 Å². The number of benzene rings is 2. The van der Waals surface area contributed by atoms with Gasteiger partial charge >= 0.3 is 5.97 Å². The summed E-state index contributed by atoms with van der Waals surface area (Å²) in [5.74, 6) is -0.371. The average molecular weight is 498 g/mol. The van der Waals surface area contributed by atoms with Gasteiger partial charge in [0.2, 0.25) is 16.8 Å². The van der Waals surface area contributed by atoms with E-state index in [-0.39, 0.29) is 28.9 Å². The van der Waals surface area contributed by atoms with Crippen molar-refractivity contribution >= 4 is 27.5 Å². The smallest absolute Gasteiger partial charge is 0.338 e. The molecular formula is C24H23N3O7S. The number of nitrogens with zero attached hydrogens (tertiary/aromatic N) is 1. The van der Waals surface area contributed by atoms with Gasteiger partial charge in [0.1, 0.15) is 5.82 Å². The van der Waals surface area contributed by atoms with Crippen LogP contribution in [0.4, 0.5) is 5.69 Å². The van der Waals surface area contributed by atoms with E-state index in [0.29, 0.717) is 53.3 Å². The second-order valence-electron chi connectivity index (χ2n) is 8.35. The third-order valence-corrected chi connectivity index (χ3v) is 7.28. The van der Waals surface area contributed by atoms with Crippen LogP contribution in [-0.2, 0) is 24.3 Å². The summed E-state index contributed by atoms with van der Waals surface area (Å²) in [7, 11) is -2.65. The van der Waals surface area contributed by atoms with E-state index in [1.807, 2.05) is 0 Å². The second-order valence-corrected chi connectivity index (χ2v) is 9.91. The Morgan fingerprint density at radius 2 is 1.80 bits per heavy atom. The first kappa shape index (κ1) is 22.9. The van der Waals surface area contributed by atoms with Gasteiger partial charge in [-0.15, -0.1) is 0 Å². The van der Waals surface area contributed by atoms with Gasteiger partial charge in [-0.3, -0.25) is 9.69 Å². The number of ketones is 1. The standard InChI is InChI=1S/C24H23N3O7S/c1-32-24(29)22-20(13-5-10-18-19(11-13)34-12-33-18)21-16(3-2-4-17(21)28)27(23(22)25)14-6-8-15(9-7-14)35(26,30)31/h5-11,20H,2-4,12,25H2,1H3,(H2,26,30,31)/t20-/m0/s1. The molecule has 5 rings (SSSR count). The normalized spacial score (nSPS) is 19.7. The summed E-state index contributed by atoms with van der Waals surface area (Å²) in [5, 5.41) is 5.23. The van der Waals surface area contributed by atoms with Gasteiger partial charge in [-0.1, -0.05) is 6.07 Å². The molecule has 0 aromatic heterocycles. The number of anilines is 1. The summed E-state index contributed by atoms with van der Waals surface area (Å²) >= 11 is 0. The number of Topliss-reactive ketones (excluding diaryl/α,β-unsaturated/α-hetero) is 1. The number of sulfonamides is 1. The van der Waals surface area contributed by atoms with Crippen molar-refractivity contribution in [3.8, 4) is 11.5 Å². The van der Waals surface area contributed by atoms with E-state index in [1.54, 1.807) is 23.1 Å². The van der Waals surface area contributed by atoms with Gasteiger partial charge in [-0.05, 0) is 54.8 Å². The molecule has 2 aromatic carbocycles. The molecule has 2 heterocycles. The summed E-state index contributed by atoms with van der Waals surface area (Å²) in [6.45, 7) is 0.0838. The lowest BCUT2D eigenvalue weighted by Gasteiger charge is -2.40. The quantitative estimate of drug-likeness (QED) is 0.604. The molecule has 1 atom stereocenters. The van der Waals surface area contributed by atoms with Gasteiger partial charge in [0.15, 0.2) is 17.3 Å². The molecule has 3 aliphatic rings. The first-order valence-electron chi connectivity index (χ1n) is 10.9. The summed E-state index contributed by atoms with van der Waals surface area (Å²) < 4.78 is 39.4. The summed E-state index contributed by atoms with van der Waals surface area (Å²) in [6.07, 6.45) is 1.47. The summed E-state index contributed by atoms with van der Waals surface area (Å²) in [4.78, 5) is 27.9. The first-order valence-corrected chi connectivity index (χ1v) is 12.4. The Balaban J connectivity index is 1.72. The molecule has 0 fully saturated rings. The Kier molecular flexibility index (Phi) is 5.53. The molecule has 0 saturated carbocycles. The van der Waals surface area contributed by atoms with Crippen molar-refractivity contribution < 1.29 is 32.2 Å². The molecule has 10 nitrogen and oxygen atoms in total. The van der Waals surface area contributed by atoms with Gasteiger partial charge < -0.3 is 19.9 Å². The Labute approximate surface area is 201 Å². The number of ether oxygens (including phenoxy) is 3. The van der Waals surface area contributed by atoms with Crippen LogP contribution >= 0.6 is 0 Å². The summed E-state index contributed by atoms with van der Waals surface area (Å²) in [5.41, 5.74) is 8.94. The fourth-order valence-electron chi connectivity index (χ4n) is 4.80. The van der Waals surface area contributed by atoms with Crippen LogP contribution in [0.25, 0.3) is 0 Å². The maximum Gasteiger partial charge on any atom is 0.338 e. The number of rotatable bonds is 4. The van der Waals surface area contributed by atoms with E-state index in [1.165, 1.54) is 31.4 Å². The van der Waals surface area contributed by atoms with Crippen LogP contribution in [-0.4, -0.2) is 34.1 Å². The van der Waals surface area contributed by atoms with Crippen LogP contribution in [0.2, 0.25) is 0 Å². The number of esters is 1. The lowest BCUT2D eigenvalue weighted by molar-refractivity contribution is -0.136. The number of fused-ring (bicyclic) bond motifs is 1. The van der Waals surface area contributed by atoms with Gasteiger partial charge in [-0.25, -0.2) is 18.4 Å². The van der Waals surface area contributed by atoms with Crippen LogP contribution in [0.5, 0.6) is 11.5 Å². The predicted molar refractivity (Wildman–Crippen MR) is 125 cm³/mol. The molecule has 182 valence electrons. The van der Waals surface area contributed by atoms with E-state index in [0.717, 1.165) is 0 Å². The van der Waals surface area contributed by atoms with Gasteiger partial charge in [0.25, 0.3) is 0 Å². The van der Waals surface area contributed by atoms with Crippen LogP contribution in [0.15, 0.2) is 70.0 Å². The Morgan fingerprint density at radius 3 is 2.49 bits per heavy atom. The third-order valence-electron chi connectivity index (χ3n) is 6.35. The highest BCUT2D eigenvalue weighted by Gasteiger charge is 2.43. The predicted octanol–water partition coefficient (Wildman–Crippen LogP) is 2.02. The SMILES string of the molecule is COC(=O)C1=C(N)N(c2ccc(S(N)(=O)=O)cc2)C2=C(C(=O)CCC2)[C@@H]1c1ccc2c(c1)OCO2. The molecule has 1 aliphatic carbocycles. The minimum Gasteiger partial charge on any atom is -0.466 e. The third kappa shape index (κ3) is 3.82. The highest BCUT2D eigenvalue weighted by molar-refractivity contribution is 7.89. The zero-order valence-electron chi connectivity index (χ0n) is 18.8. The zero-order valence-corrected chi connectivity index (χ0v) is 19.6. The largest absolute Gasteiger partial charge is 0.466 e. The van der Waals surface area contributed by atoms with Crippen molar-refractivity contribution in [3.63, 3.8) is 0 Å². The zero-order chi connectivity index (χ0) is 24.9. The van der Waals surface area contributed by atoms with Crippen molar-refractivity contribution in [1.29, 1.82) is 0 Å². The Morgan fingerprint density at radius 1 is 1.09 bits per heavy atom. The number of methoxy groups -OCH3 is 1. The molecule has 11 heteroatoms. The second kappa shape index (κ2) is 8.43. The highest BCUT2D eigenvalue weighted by Crippen LogP contribution is 2.48. The highest BCUT2D eigenvalue weighted by atomic mass is 32.2. The molecule has 0 radical (unpaired) electrons. The van der Waals surface area contributed by atoms with E-state index < -0.39 is 21.9 Å². The number of primary sulfonamides is 1. The molecule has 0 amide bonds. The van der Waals surface area contributed by atoms with Gasteiger partial charge in [-0.2, -0.15) is 0 Å². The molecule has 0 unspecified atom stereocenters. The van der Waals surface area contributed by atoms with E-state index >= 15 is 0 Å². The first-order chi connectivity index (χ1) is 16.7. The maximum atomic E-state index is 13.3. The number of allylic oxidation sites excluding steroid dienone is 2. The number of carbonyl (C=O) groups is 2. The van der Waals surface area contributed by atoms with Crippen LogP contribution in [0, 0.1) is 0 Å². The molecule has 35 heavy (non-hydrogen) atoms. The molecule has 0 bridgehead atoms. The van der Waals surface area contributed by atoms with Gasteiger partial charge in [0.05, 0.1) is 23.5 Å². The summed E-state index contributed by atoms with van der Waals surface area (Å²) in [6, 6.07) is 11.0. The lowest BCUT2D eigenvalue weighted by Crippen LogP contribution is -2.40. The van der Waals surface area contributed by atoms with Crippen molar-refractivity contribution in [2.24, 2.45) is 10.9 Å². The van der Waals surface area contributed by atoms with Crippen molar-refractivity contribution in [2.75, 3.05) is 18.8 Å². The topological polar surface area (TPSA) is 151 Å². The average Bonchev–Trinajstić information content (AvgIpc) is 3.30. The fraction of sp³-hybridized carbons (Fsp3) is 0.250. The molecule has 2 aromatic rings. The number of nitrogens with two attached hydrogens (primary N) is 2. The monoisotopic (exact) mass is 497 g/mol. The number of hydrogen-bond acceptors (Lipinski definition) is 9. The molecule has 2 aliphatic heterocycles. The fourth-order valence-corrected chi connectivity index (χ4v) is 5.32. The maximum absolute atomic E-state index is 13.3. The molecular weight excluding hydrogens is 474 g/mol.